The van der Waals surface area contributed by atoms with Crippen molar-refractivity contribution in [3.8, 4) is 10.6 Å². The van der Waals surface area contributed by atoms with Crippen LogP contribution in [0.5, 0.6) is 0 Å². The van der Waals surface area contributed by atoms with Crippen molar-refractivity contribution in [2.45, 2.75) is 37.6 Å². The van der Waals surface area contributed by atoms with Gasteiger partial charge in [-0.25, -0.2) is 4.98 Å². The average Bonchev–Trinajstić information content (AvgIpc) is 3.27. The van der Waals surface area contributed by atoms with E-state index in [0.717, 1.165) is 41.9 Å². The lowest BCUT2D eigenvalue weighted by molar-refractivity contribution is 0.352. The summed E-state index contributed by atoms with van der Waals surface area (Å²) >= 11 is 1.57. The highest BCUT2D eigenvalue weighted by atomic mass is 35.5. The zero-order chi connectivity index (χ0) is 15.0. The summed E-state index contributed by atoms with van der Waals surface area (Å²) in [4.78, 5) is 9.05. The van der Waals surface area contributed by atoms with Gasteiger partial charge in [-0.2, -0.15) is 4.98 Å². The van der Waals surface area contributed by atoms with Crippen molar-refractivity contribution < 1.29 is 8.94 Å². The molecule has 4 rings (SSSR count). The third-order valence-electron chi connectivity index (χ3n) is 4.06. The lowest BCUT2D eigenvalue weighted by Crippen LogP contribution is -2.34. The van der Waals surface area contributed by atoms with Gasteiger partial charge in [-0.15, -0.1) is 23.7 Å². The van der Waals surface area contributed by atoms with Crippen LogP contribution in [0.15, 0.2) is 32.9 Å². The van der Waals surface area contributed by atoms with Gasteiger partial charge >= 0.3 is 0 Å². The summed E-state index contributed by atoms with van der Waals surface area (Å²) < 4.78 is 10.4. The second kappa shape index (κ2) is 6.43. The first-order valence-electron chi connectivity index (χ1n) is 7.32. The Labute approximate surface area is 143 Å². The van der Waals surface area contributed by atoms with Crippen molar-refractivity contribution in [3.05, 3.63) is 41.4 Å². The Morgan fingerprint density at radius 2 is 2.09 bits per heavy atom. The summed E-state index contributed by atoms with van der Waals surface area (Å²) in [5, 5.41) is 7.00. The minimum Gasteiger partial charge on any atom is -0.472 e. The predicted molar refractivity (Wildman–Crippen MR) is 88.5 cm³/mol. The maximum absolute atomic E-state index is 6.35. The SMILES string of the molecule is Cl.NC1(c2noc(Cc3csc(-c4ccoc4)n3)n2)CCCC1. The van der Waals surface area contributed by atoms with Gasteiger partial charge in [0.2, 0.25) is 5.89 Å². The van der Waals surface area contributed by atoms with E-state index in [1.807, 2.05) is 11.4 Å². The average molecular weight is 353 g/mol. The standard InChI is InChI=1S/C15H16N4O2S.ClH/c16-15(4-1-2-5-15)14-18-12(21-19-14)7-11-9-22-13(17-11)10-3-6-20-8-10;/h3,6,8-9H,1-2,4-5,7,16H2;1H. The zero-order valence-corrected chi connectivity index (χ0v) is 14.0. The van der Waals surface area contributed by atoms with Crippen LogP contribution in [0.25, 0.3) is 10.6 Å². The molecule has 1 aliphatic carbocycles. The molecule has 6 nitrogen and oxygen atoms in total. The third-order valence-corrected chi connectivity index (χ3v) is 5.00. The minimum atomic E-state index is -0.411. The molecule has 0 saturated heterocycles. The number of nitrogens with two attached hydrogens (primary N) is 1. The van der Waals surface area contributed by atoms with E-state index in [-0.39, 0.29) is 12.4 Å². The molecule has 23 heavy (non-hydrogen) atoms. The summed E-state index contributed by atoms with van der Waals surface area (Å²) in [6.07, 6.45) is 7.95. The predicted octanol–water partition coefficient (Wildman–Crippen LogP) is 3.53. The van der Waals surface area contributed by atoms with E-state index in [1.165, 1.54) is 0 Å². The van der Waals surface area contributed by atoms with Gasteiger partial charge in [0, 0.05) is 10.9 Å². The summed E-state index contributed by atoms with van der Waals surface area (Å²) in [7, 11) is 0. The largest absolute Gasteiger partial charge is 0.472 e. The molecule has 0 aliphatic heterocycles. The molecule has 3 aromatic heterocycles. The number of thiazole rings is 1. The van der Waals surface area contributed by atoms with Crippen molar-refractivity contribution in [2.75, 3.05) is 0 Å². The lowest BCUT2D eigenvalue weighted by Gasteiger charge is -2.17. The maximum Gasteiger partial charge on any atom is 0.232 e. The second-order valence-corrected chi connectivity index (χ2v) is 6.57. The van der Waals surface area contributed by atoms with Crippen molar-refractivity contribution in [3.63, 3.8) is 0 Å². The quantitative estimate of drug-likeness (QED) is 0.772. The van der Waals surface area contributed by atoms with Crippen molar-refractivity contribution in [1.29, 1.82) is 0 Å². The Bertz CT molecular complexity index is 762. The minimum absolute atomic E-state index is 0. The third kappa shape index (κ3) is 3.17. The molecule has 3 aromatic rings. The van der Waals surface area contributed by atoms with Gasteiger partial charge < -0.3 is 14.7 Å². The monoisotopic (exact) mass is 352 g/mol. The van der Waals surface area contributed by atoms with Crippen LogP contribution in [-0.4, -0.2) is 15.1 Å². The molecule has 0 atom stereocenters. The number of furan rings is 1. The molecule has 122 valence electrons. The van der Waals surface area contributed by atoms with E-state index >= 15 is 0 Å². The normalized spacial score (nSPS) is 16.4. The molecule has 0 bridgehead atoms. The van der Waals surface area contributed by atoms with Crippen LogP contribution in [0.4, 0.5) is 0 Å². The molecule has 0 amide bonds. The van der Waals surface area contributed by atoms with Gasteiger partial charge in [0.1, 0.15) is 11.3 Å². The second-order valence-electron chi connectivity index (χ2n) is 5.71. The van der Waals surface area contributed by atoms with Gasteiger partial charge in [-0.05, 0) is 18.9 Å². The Hall–Kier alpha value is -1.70. The molecule has 8 heteroatoms. The Morgan fingerprint density at radius 1 is 1.26 bits per heavy atom. The van der Waals surface area contributed by atoms with Crippen molar-refractivity contribution >= 4 is 23.7 Å². The van der Waals surface area contributed by atoms with Crippen LogP contribution in [0, 0.1) is 0 Å². The first-order chi connectivity index (χ1) is 10.7. The highest BCUT2D eigenvalue weighted by molar-refractivity contribution is 7.13. The number of rotatable bonds is 4. The fourth-order valence-electron chi connectivity index (χ4n) is 2.82. The zero-order valence-electron chi connectivity index (χ0n) is 12.4. The van der Waals surface area contributed by atoms with Gasteiger partial charge in [0.15, 0.2) is 5.82 Å². The van der Waals surface area contributed by atoms with E-state index in [0.29, 0.717) is 18.1 Å². The lowest BCUT2D eigenvalue weighted by atomic mass is 9.99. The van der Waals surface area contributed by atoms with E-state index in [2.05, 4.69) is 15.1 Å². The number of halogens is 1. The molecular formula is C15H17ClN4O2S. The van der Waals surface area contributed by atoms with E-state index in [1.54, 1.807) is 23.9 Å². The smallest absolute Gasteiger partial charge is 0.232 e. The highest BCUT2D eigenvalue weighted by Gasteiger charge is 2.35. The fourth-order valence-corrected chi connectivity index (χ4v) is 3.63. The van der Waals surface area contributed by atoms with Crippen LogP contribution in [0.3, 0.4) is 0 Å². The number of nitrogens with zero attached hydrogens (tertiary/aromatic N) is 3. The van der Waals surface area contributed by atoms with Crippen molar-refractivity contribution in [2.24, 2.45) is 5.73 Å². The first kappa shape index (κ1) is 16.2. The Balaban J connectivity index is 0.00000156. The fraction of sp³-hybridized carbons (Fsp3) is 0.400. The number of hydrogen-bond acceptors (Lipinski definition) is 7. The first-order valence-corrected chi connectivity index (χ1v) is 8.20. The molecule has 0 aromatic carbocycles. The maximum atomic E-state index is 6.35. The van der Waals surface area contributed by atoms with Gasteiger partial charge in [-0.3, -0.25) is 0 Å². The molecule has 2 N–H and O–H groups in total. The summed E-state index contributed by atoms with van der Waals surface area (Å²) in [6.45, 7) is 0. The van der Waals surface area contributed by atoms with Crippen LogP contribution < -0.4 is 5.73 Å². The van der Waals surface area contributed by atoms with E-state index in [9.17, 15) is 0 Å². The molecule has 0 radical (unpaired) electrons. The highest BCUT2D eigenvalue weighted by Crippen LogP contribution is 2.34. The molecule has 1 saturated carbocycles. The number of hydrogen-bond donors (Lipinski definition) is 1. The Kier molecular flexibility index (Phi) is 4.52. The van der Waals surface area contributed by atoms with E-state index in [4.69, 9.17) is 14.7 Å². The summed E-state index contributed by atoms with van der Waals surface area (Å²) in [5.74, 6) is 1.20. The molecule has 1 aliphatic rings. The molecule has 1 fully saturated rings. The van der Waals surface area contributed by atoms with Gasteiger partial charge in [0.05, 0.1) is 23.9 Å². The molecule has 3 heterocycles. The van der Waals surface area contributed by atoms with Crippen LogP contribution in [0.2, 0.25) is 0 Å². The summed E-state index contributed by atoms with van der Waals surface area (Å²) in [5.41, 5.74) is 7.83. The van der Waals surface area contributed by atoms with Crippen LogP contribution in [0.1, 0.15) is 43.1 Å². The van der Waals surface area contributed by atoms with Crippen molar-refractivity contribution in [1.82, 2.24) is 15.1 Å². The van der Waals surface area contributed by atoms with Gasteiger partial charge in [0.25, 0.3) is 0 Å². The van der Waals surface area contributed by atoms with Gasteiger partial charge in [-0.1, -0.05) is 18.0 Å². The molecule has 0 unspecified atom stereocenters. The Morgan fingerprint density at radius 3 is 2.83 bits per heavy atom. The number of aromatic nitrogens is 3. The summed E-state index contributed by atoms with van der Waals surface area (Å²) in [6, 6.07) is 1.89. The van der Waals surface area contributed by atoms with E-state index < -0.39 is 5.54 Å². The van der Waals surface area contributed by atoms with Crippen LogP contribution >= 0.6 is 23.7 Å². The van der Waals surface area contributed by atoms with Crippen LogP contribution in [-0.2, 0) is 12.0 Å². The molecule has 0 spiro atoms. The molecular weight excluding hydrogens is 336 g/mol. The topological polar surface area (TPSA) is 91.0 Å².